The number of aromatic nitrogens is 2. The molecule has 0 spiro atoms. The molecule has 0 saturated carbocycles. The number of aromatic amines is 1. The van der Waals surface area contributed by atoms with Crippen LogP contribution in [0.4, 0.5) is 4.39 Å². The summed E-state index contributed by atoms with van der Waals surface area (Å²) in [6.07, 6.45) is 3.60. The van der Waals surface area contributed by atoms with Crippen LogP contribution in [0.1, 0.15) is 18.4 Å². The van der Waals surface area contributed by atoms with Crippen molar-refractivity contribution in [1.29, 1.82) is 0 Å². The first kappa shape index (κ1) is 16.2. The van der Waals surface area contributed by atoms with E-state index in [-0.39, 0.29) is 11.7 Å². The zero-order valence-electron chi connectivity index (χ0n) is 13.8. The molecule has 0 bridgehead atoms. The molecule has 24 heavy (non-hydrogen) atoms. The molecular weight excluding hydrogens is 305 g/mol. The van der Waals surface area contributed by atoms with E-state index in [0.717, 1.165) is 27.9 Å². The largest absolute Gasteiger partial charge is 0.353 e. The van der Waals surface area contributed by atoms with Gasteiger partial charge in [0, 0.05) is 37.6 Å². The summed E-state index contributed by atoms with van der Waals surface area (Å²) in [4.78, 5) is 21.1. The highest BCUT2D eigenvalue weighted by Crippen LogP contribution is 2.31. The van der Waals surface area contributed by atoms with Crippen molar-refractivity contribution in [3.05, 3.63) is 54.0 Å². The molecule has 0 fully saturated rings. The Morgan fingerprint density at radius 3 is 2.79 bits per heavy atom. The molecule has 3 aromatic rings. The van der Waals surface area contributed by atoms with Crippen LogP contribution in [0.3, 0.4) is 0 Å². The Hall–Kier alpha value is -2.69. The summed E-state index contributed by atoms with van der Waals surface area (Å²) >= 11 is 0. The maximum Gasteiger partial charge on any atom is 0.222 e. The highest BCUT2D eigenvalue weighted by molar-refractivity contribution is 5.90. The third-order valence-corrected chi connectivity index (χ3v) is 4.11. The minimum Gasteiger partial charge on any atom is -0.353 e. The van der Waals surface area contributed by atoms with Crippen molar-refractivity contribution in [3.63, 3.8) is 0 Å². The normalized spacial score (nSPS) is 11.0. The summed E-state index contributed by atoms with van der Waals surface area (Å²) in [6, 6.07) is 10.4. The van der Waals surface area contributed by atoms with Gasteiger partial charge in [-0.3, -0.25) is 9.78 Å². The second-order valence-corrected chi connectivity index (χ2v) is 6.03. The number of H-pyrrole nitrogens is 1. The number of rotatable bonds is 5. The average Bonchev–Trinajstić information content (AvgIpc) is 2.93. The molecule has 124 valence electrons. The van der Waals surface area contributed by atoms with Crippen LogP contribution in [0.5, 0.6) is 0 Å². The van der Waals surface area contributed by atoms with Crippen LogP contribution >= 0.6 is 0 Å². The molecular formula is C19H20FN3O. The molecule has 0 aliphatic rings. The van der Waals surface area contributed by atoms with Gasteiger partial charge in [0.15, 0.2) is 0 Å². The zero-order valence-corrected chi connectivity index (χ0v) is 13.8. The van der Waals surface area contributed by atoms with Gasteiger partial charge in [0.2, 0.25) is 5.91 Å². The van der Waals surface area contributed by atoms with Crippen molar-refractivity contribution in [3.8, 4) is 11.4 Å². The third kappa shape index (κ3) is 3.30. The maximum absolute atomic E-state index is 13.7. The van der Waals surface area contributed by atoms with E-state index in [4.69, 9.17) is 0 Å². The molecule has 1 aromatic carbocycles. The molecule has 0 unspecified atom stereocenters. The van der Waals surface area contributed by atoms with Gasteiger partial charge < -0.3 is 9.88 Å². The van der Waals surface area contributed by atoms with Gasteiger partial charge in [0.1, 0.15) is 5.82 Å². The highest BCUT2D eigenvalue weighted by Gasteiger charge is 2.15. The number of benzene rings is 1. The van der Waals surface area contributed by atoms with E-state index in [1.807, 2.05) is 18.2 Å². The maximum atomic E-state index is 13.7. The minimum absolute atomic E-state index is 0.0976. The van der Waals surface area contributed by atoms with Crippen molar-refractivity contribution >= 4 is 16.8 Å². The number of carbonyl (C=O) groups excluding carboxylic acids is 1. The molecule has 2 heterocycles. The highest BCUT2D eigenvalue weighted by atomic mass is 19.1. The lowest BCUT2D eigenvalue weighted by Gasteiger charge is -2.10. The number of hydrogen-bond donors (Lipinski definition) is 1. The molecule has 0 atom stereocenters. The van der Waals surface area contributed by atoms with Crippen LogP contribution in [0.15, 0.2) is 42.6 Å². The third-order valence-electron chi connectivity index (χ3n) is 4.11. The Balaban J connectivity index is 1.97. The van der Waals surface area contributed by atoms with Gasteiger partial charge in [-0.2, -0.15) is 0 Å². The predicted molar refractivity (Wildman–Crippen MR) is 93.1 cm³/mol. The summed E-state index contributed by atoms with van der Waals surface area (Å²) in [5, 5.41) is 0.855. The number of halogens is 1. The van der Waals surface area contributed by atoms with Gasteiger partial charge in [0.05, 0.1) is 11.4 Å². The standard InChI is InChI=1S/C19H20FN3O/c1-23(2)18(24)8-5-6-14-15-12-13(20)9-10-16(15)22-19(14)17-7-3-4-11-21-17/h3-4,7,9-12,22H,5-6,8H2,1-2H3. The van der Waals surface area contributed by atoms with Crippen molar-refractivity contribution < 1.29 is 9.18 Å². The molecule has 0 radical (unpaired) electrons. The van der Waals surface area contributed by atoms with E-state index < -0.39 is 0 Å². The Morgan fingerprint density at radius 1 is 1.25 bits per heavy atom. The first-order valence-corrected chi connectivity index (χ1v) is 7.98. The molecule has 1 N–H and O–H groups in total. The molecule has 0 aliphatic heterocycles. The van der Waals surface area contributed by atoms with Crippen molar-refractivity contribution in [1.82, 2.24) is 14.9 Å². The Bertz CT molecular complexity index is 856. The van der Waals surface area contributed by atoms with E-state index in [1.54, 1.807) is 37.3 Å². The topological polar surface area (TPSA) is 49.0 Å². The van der Waals surface area contributed by atoms with Crippen LogP contribution in [0, 0.1) is 5.82 Å². The van der Waals surface area contributed by atoms with E-state index in [0.29, 0.717) is 19.3 Å². The van der Waals surface area contributed by atoms with E-state index in [2.05, 4.69) is 9.97 Å². The number of nitrogens with one attached hydrogen (secondary N) is 1. The van der Waals surface area contributed by atoms with E-state index in [9.17, 15) is 9.18 Å². The van der Waals surface area contributed by atoms with Crippen LogP contribution < -0.4 is 0 Å². The summed E-state index contributed by atoms with van der Waals surface area (Å²) in [7, 11) is 3.51. The average molecular weight is 325 g/mol. The quantitative estimate of drug-likeness (QED) is 0.776. The number of pyridine rings is 1. The number of hydrogen-bond acceptors (Lipinski definition) is 2. The van der Waals surface area contributed by atoms with Gasteiger partial charge in [-0.05, 0) is 48.7 Å². The molecule has 0 aliphatic carbocycles. The van der Waals surface area contributed by atoms with Gasteiger partial charge in [-0.15, -0.1) is 0 Å². The first-order chi connectivity index (χ1) is 11.6. The first-order valence-electron chi connectivity index (χ1n) is 7.98. The smallest absolute Gasteiger partial charge is 0.222 e. The minimum atomic E-state index is -0.264. The van der Waals surface area contributed by atoms with E-state index in [1.165, 1.54) is 6.07 Å². The fourth-order valence-electron chi connectivity index (χ4n) is 2.85. The van der Waals surface area contributed by atoms with Crippen molar-refractivity contribution in [2.45, 2.75) is 19.3 Å². The van der Waals surface area contributed by atoms with Crippen molar-refractivity contribution in [2.75, 3.05) is 14.1 Å². The van der Waals surface area contributed by atoms with Crippen LogP contribution in [0.25, 0.3) is 22.3 Å². The Kier molecular flexibility index (Phi) is 4.60. The summed E-state index contributed by atoms with van der Waals surface area (Å²) in [5.41, 5.74) is 3.61. The lowest BCUT2D eigenvalue weighted by atomic mass is 10.0. The number of carbonyl (C=O) groups is 1. The summed E-state index contributed by atoms with van der Waals surface area (Å²) in [6.45, 7) is 0. The molecule has 2 aromatic heterocycles. The second kappa shape index (κ2) is 6.83. The zero-order chi connectivity index (χ0) is 17.1. The van der Waals surface area contributed by atoms with E-state index >= 15 is 0 Å². The van der Waals surface area contributed by atoms with Gasteiger partial charge in [-0.1, -0.05) is 6.07 Å². The second-order valence-electron chi connectivity index (χ2n) is 6.03. The van der Waals surface area contributed by atoms with Crippen LogP contribution in [-0.4, -0.2) is 34.9 Å². The van der Waals surface area contributed by atoms with Gasteiger partial charge >= 0.3 is 0 Å². The molecule has 0 saturated heterocycles. The number of nitrogens with zero attached hydrogens (tertiary/aromatic N) is 2. The monoisotopic (exact) mass is 325 g/mol. The lowest BCUT2D eigenvalue weighted by molar-refractivity contribution is -0.128. The summed E-state index contributed by atoms with van der Waals surface area (Å²) < 4.78 is 13.7. The summed E-state index contributed by atoms with van der Waals surface area (Å²) in [5.74, 6) is -0.167. The molecule has 3 rings (SSSR count). The van der Waals surface area contributed by atoms with Crippen LogP contribution in [-0.2, 0) is 11.2 Å². The van der Waals surface area contributed by atoms with Crippen molar-refractivity contribution in [2.24, 2.45) is 0 Å². The number of amides is 1. The fourth-order valence-corrected chi connectivity index (χ4v) is 2.85. The van der Waals surface area contributed by atoms with Gasteiger partial charge in [-0.25, -0.2) is 4.39 Å². The fraction of sp³-hybridized carbons (Fsp3) is 0.263. The number of fused-ring (bicyclic) bond motifs is 1. The van der Waals surface area contributed by atoms with Crippen LogP contribution in [0.2, 0.25) is 0 Å². The SMILES string of the molecule is CN(C)C(=O)CCCc1c(-c2ccccn2)[nH]c2ccc(F)cc12. The van der Waals surface area contributed by atoms with Gasteiger partial charge in [0.25, 0.3) is 0 Å². The molecule has 4 nitrogen and oxygen atoms in total. The number of aryl methyl sites for hydroxylation is 1. The Morgan fingerprint density at radius 2 is 2.08 bits per heavy atom. The Labute approximate surface area is 140 Å². The predicted octanol–water partition coefficient (Wildman–Crippen LogP) is 3.78. The molecule has 5 heteroatoms. The molecule has 1 amide bonds. The lowest BCUT2D eigenvalue weighted by Crippen LogP contribution is -2.21.